The molecular weight excluding hydrogens is 244 g/mol. The second-order valence-corrected chi connectivity index (χ2v) is 5.66. The molecule has 1 fully saturated rings. The minimum absolute atomic E-state index is 0.269. The van der Waals surface area contributed by atoms with Crippen molar-refractivity contribution in [1.82, 2.24) is 9.80 Å². The lowest BCUT2D eigenvalue weighted by molar-refractivity contribution is 0.193. The van der Waals surface area contributed by atoms with E-state index in [-0.39, 0.29) is 5.75 Å². The van der Waals surface area contributed by atoms with Crippen LogP contribution < -0.4 is 0 Å². The molecule has 1 unspecified atom stereocenters. The molecule has 0 bridgehead atoms. The summed E-state index contributed by atoms with van der Waals surface area (Å²) in [4.78, 5) is 4.73. The summed E-state index contributed by atoms with van der Waals surface area (Å²) >= 11 is 1.61. The first-order valence-electron chi connectivity index (χ1n) is 5.87. The van der Waals surface area contributed by atoms with Gasteiger partial charge in [-0.25, -0.2) is 0 Å². The van der Waals surface area contributed by atoms with Crippen LogP contribution in [0.2, 0.25) is 0 Å². The standard InChI is InChI=1S/C10H22N2O2S2/c13-16(14)10-8-12-5-1-3-11(7-9-15)4-2-6-12/h15H,1-10H2,(H,13,14). The zero-order chi connectivity index (χ0) is 11.8. The fourth-order valence-corrected chi connectivity index (χ4v) is 2.79. The van der Waals surface area contributed by atoms with Gasteiger partial charge in [0, 0.05) is 18.8 Å². The maximum Gasteiger partial charge on any atom is 0.116 e. The van der Waals surface area contributed by atoms with Gasteiger partial charge in [0.2, 0.25) is 0 Å². The lowest BCUT2D eigenvalue weighted by Gasteiger charge is -2.29. The molecule has 1 aliphatic heterocycles. The van der Waals surface area contributed by atoms with Gasteiger partial charge in [-0.2, -0.15) is 0 Å². The number of rotatable bonds is 5. The van der Waals surface area contributed by atoms with E-state index >= 15 is 0 Å². The van der Waals surface area contributed by atoms with Crippen LogP contribution in [0, 0.1) is 0 Å². The molecule has 96 valence electrons. The Kier molecular flexibility index (Phi) is 7.64. The highest BCUT2D eigenvalue weighted by atomic mass is 32.2. The van der Waals surface area contributed by atoms with Gasteiger partial charge in [-0.1, -0.05) is 11.1 Å². The van der Waals surface area contributed by atoms with Gasteiger partial charge in [-0.05, 0) is 51.6 Å². The molecule has 1 atom stereocenters. The van der Waals surface area contributed by atoms with Crippen molar-refractivity contribution in [3.05, 3.63) is 0 Å². The predicted octanol–water partition coefficient (Wildman–Crippen LogP) is -0.725. The first-order valence-corrected chi connectivity index (χ1v) is 7.82. The summed E-state index contributed by atoms with van der Waals surface area (Å²) in [5, 5.41) is 0. The lowest BCUT2D eigenvalue weighted by atomic mass is 10.2. The summed E-state index contributed by atoms with van der Waals surface area (Å²) in [6, 6.07) is 0. The van der Waals surface area contributed by atoms with Crippen LogP contribution in [0.3, 0.4) is 0 Å². The van der Waals surface area contributed by atoms with Crippen LogP contribution in [0.5, 0.6) is 0 Å². The largest absolute Gasteiger partial charge is 0.772 e. The molecule has 0 aromatic carbocycles. The van der Waals surface area contributed by atoms with Crippen LogP contribution in [0.25, 0.3) is 0 Å². The summed E-state index contributed by atoms with van der Waals surface area (Å²) in [6.07, 6.45) is 2.27. The zero-order valence-electron chi connectivity index (χ0n) is 9.69. The van der Waals surface area contributed by atoms with Crippen molar-refractivity contribution in [1.29, 1.82) is 0 Å². The summed E-state index contributed by atoms with van der Waals surface area (Å²) < 4.78 is 21.0. The average molecular weight is 266 g/mol. The SMILES string of the molecule is O=S([O-])CCN1CCCN(CC[SH2+])CCC1. The van der Waals surface area contributed by atoms with E-state index in [0.29, 0.717) is 6.54 Å². The first kappa shape index (κ1) is 14.4. The lowest BCUT2D eigenvalue weighted by Crippen LogP contribution is -2.39. The van der Waals surface area contributed by atoms with Gasteiger partial charge < -0.3 is 9.45 Å². The Morgan fingerprint density at radius 2 is 1.56 bits per heavy atom. The van der Waals surface area contributed by atoms with Crippen molar-refractivity contribution in [2.24, 2.45) is 0 Å². The molecule has 4 nitrogen and oxygen atoms in total. The zero-order valence-corrected chi connectivity index (χ0v) is 11.5. The van der Waals surface area contributed by atoms with E-state index < -0.39 is 11.1 Å². The average Bonchev–Trinajstić information content (AvgIpc) is 2.20. The van der Waals surface area contributed by atoms with Gasteiger partial charge in [-0.3, -0.25) is 9.11 Å². The van der Waals surface area contributed by atoms with Crippen molar-refractivity contribution in [3.8, 4) is 0 Å². The van der Waals surface area contributed by atoms with Crippen LogP contribution >= 0.6 is 0 Å². The summed E-state index contributed by atoms with van der Waals surface area (Å²) in [6.45, 7) is 6.10. The fourth-order valence-electron chi connectivity index (χ4n) is 2.07. The Balaban J connectivity index is 2.21. The van der Waals surface area contributed by atoms with Crippen LogP contribution in [0.15, 0.2) is 0 Å². The van der Waals surface area contributed by atoms with E-state index in [0.717, 1.165) is 51.3 Å². The van der Waals surface area contributed by atoms with E-state index in [2.05, 4.69) is 22.4 Å². The number of hydrogen-bond acceptors (Lipinski definition) is 4. The quantitative estimate of drug-likeness (QED) is 0.486. The molecule has 0 aliphatic carbocycles. The second kappa shape index (κ2) is 8.47. The van der Waals surface area contributed by atoms with Crippen molar-refractivity contribution in [3.63, 3.8) is 0 Å². The van der Waals surface area contributed by atoms with E-state index in [1.165, 1.54) is 0 Å². The fraction of sp³-hybridized carbons (Fsp3) is 1.00. The maximum atomic E-state index is 10.5. The highest BCUT2D eigenvalue weighted by Gasteiger charge is 2.12. The van der Waals surface area contributed by atoms with E-state index in [4.69, 9.17) is 0 Å². The Labute approximate surface area is 106 Å². The molecule has 0 N–H and O–H groups in total. The highest BCUT2D eigenvalue weighted by molar-refractivity contribution is 7.79. The molecule has 1 saturated heterocycles. The van der Waals surface area contributed by atoms with Gasteiger partial charge >= 0.3 is 0 Å². The molecule has 0 spiro atoms. The smallest absolute Gasteiger partial charge is 0.116 e. The molecule has 0 radical (unpaired) electrons. The van der Waals surface area contributed by atoms with E-state index in [1.807, 2.05) is 0 Å². The van der Waals surface area contributed by atoms with Gasteiger partial charge in [0.05, 0.1) is 0 Å². The second-order valence-electron chi connectivity index (χ2n) is 4.15. The Bertz CT molecular complexity index is 207. The molecule has 1 rings (SSSR count). The van der Waals surface area contributed by atoms with Gasteiger partial charge in [0.15, 0.2) is 0 Å². The molecule has 1 aliphatic rings. The Morgan fingerprint density at radius 3 is 2.00 bits per heavy atom. The van der Waals surface area contributed by atoms with Crippen molar-refractivity contribution < 1.29 is 8.76 Å². The maximum absolute atomic E-state index is 10.5. The molecule has 6 heteroatoms. The molecule has 16 heavy (non-hydrogen) atoms. The number of hydrogen-bond donors (Lipinski definition) is 0. The molecule has 0 aromatic heterocycles. The monoisotopic (exact) mass is 266 g/mol. The van der Waals surface area contributed by atoms with E-state index in [9.17, 15) is 8.76 Å². The molecule has 0 saturated carbocycles. The van der Waals surface area contributed by atoms with Crippen LogP contribution in [-0.4, -0.2) is 69.3 Å². The minimum Gasteiger partial charge on any atom is -0.772 e. The Hall–Kier alpha value is 0.380. The van der Waals surface area contributed by atoms with Crippen molar-refractivity contribution >= 4 is 23.7 Å². The van der Waals surface area contributed by atoms with Gasteiger partial charge in [-0.15, -0.1) is 0 Å². The Morgan fingerprint density at radius 1 is 1.06 bits per heavy atom. The van der Waals surface area contributed by atoms with E-state index in [1.54, 1.807) is 0 Å². The molecule has 0 aromatic rings. The molecule has 0 amide bonds. The third-order valence-corrected chi connectivity index (χ3v) is 3.64. The minimum atomic E-state index is -1.90. The molecular formula is C10H22N2O2S2. The third-order valence-electron chi connectivity index (χ3n) is 2.90. The van der Waals surface area contributed by atoms with Crippen LogP contribution in [0.1, 0.15) is 12.8 Å². The summed E-state index contributed by atoms with van der Waals surface area (Å²) in [7, 11) is 0. The van der Waals surface area contributed by atoms with Crippen LogP contribution in [-0.2, 0) is 23.7 Å². The predicted molar refractivity (Wildman–Crippen MR) is 70.9 cm³/mol. The summed E-state index contributed by atoms with van der Waals surface area (Å²) in [5.41, 5.74) is 0. The van der Waals surface area contributed by atoms with Crippen molar-refractivity contribution in [2.45, 2.75) is 12.8 Å². The van der Waals surface area contributed by atoms with Crippen LogP contribution in [0.4, 0.5) is 0 Å². The molecule has 1 heterocycles. The number of nitrogens with zero attached hydrogens (tertiary/aromatic N) is 2. The topological polar surface area (TPSA) is 46.6 Å². The summed E-state index contributed by atoms with van der Waals surface area (Å²) in [5.74, 6) is 1.30. The van der Waals surface area contributed by atoms with Gasteiger partial charge in [0.1, 0.15) is 5.75 Å². The van der Waals surface area contributed by atoms with Crippen molar-refractivity contribution in [2.75, 3.05) is 50.8 Å². The van der Waals surface area contributed by atoms with Gasteiger partial charge in [0.25, 0.3) is 0 Å². The normalized spacial score (nSPS) is 22.6. The first-order chi connectivity index (χ1) is 7.72. The third kappa shape index (κ3) is 6.20. The highest BCUT2D eigenvalue weighted by Crippen LogP contribution is 2.03.